The number of hydrogen-bond donors (Lipinski definition) is 3. The molecule has 2 saturated heterocycles. The molecule has 0 aromatic rings. The average Bonchev–Trinajstić information content (AvgIpc) is 3.17. The summed E-state index contributed by atoms with van der Waals surface area (Å²) < 4.78 is 40.6. The van der Waals surface area contributed by atoms with E-state index in [0.29, 0.717) is 18.0 Å². The lowest BCUT2D eigenvalue weighted by Gasteiger charge is -2.40. The first-order chi connectivity index (χ1) is 18.3. The molecule has 2 aliphatic carbocycles. The Balaban J connectivity index is 1.54. The molecule has 4 fully saturated rings. The van der Waals surface area contributed by atoms with E-state index in [4.69, 9.17) is 11.6 Å². The van der Waals surface area contributed by atoms with Crippen molar-refractivity contribution in [3.63, 3.8) is 0 Å². The van der Waals surface area contributed by atoms with E-state index in [1.807, 2.05) is 13.8 Å². The SMILES string of the molecule is CC(C)(C)[C@H](NC(=O)C1CC(F)(F)C1)C(=O)N1C[C@H]2[C@@H]([C@H]1C(=O)NN(C[C@@H]1CCNC1=O)C(=O)[C@@H](F)Cl)C2(C)C. The Labute approximate surface area is 236 Å². The third-order valence-corrected chi connectivity index (χ3v) is 9.07. The molecule has 6 atom stereocenters. The van der Waals surface area contributed by atoms with Gasteiger partial charge < -0.3 is 15.5 Å². The number of hydrazine groups is 1. The Morgan fingerprint density at radius 1 is 1.18 bits per heavy atom. The molecule has 40 heavy (non-hydrogen) atoms. The second-order valence-corrected chi connectivity index (χ2v) is 13.5. The van der Waals surface area contributed by atoms with Gasteiger partial charge in [-0.3, -0.25) is 29.4 Å². The number of amides is 5. The lowest BCUT2D eigenvalue weighted by molar-refractivity contribution is -0.156. The number of likely N-dealkylation sites (tertiary alicyclic amines) is 1. The van der Waals surface area contributed by atoms with E-state index in [9.17, 15) is 37.1 Å². The summed E-state index contributed by atoms with van der Waals surface area (Å²) in [5.74, 6) is -8.33. The van der Waals surface area contributed by atoms with Crippen molar-refractivity contribution in [1.82, 2.24) is 26.0 Å². The number of rotatable bonds is 7. The molecule has 0 aromatic heterocycles. The molecule has 2 saturated carbocycles. The van der Waals surface area contributed by atoms with Crippen molar-refractivity contribution >= 4 is 41.1 Å². The molecule has 224 valence electrons. The minimum absolute atomic E-state index is 0.0412. The molecular formula is C26H37ClF3N5O5. The monoisotopic (exact) mass is 591 g/mol. The molecule has 0 spiro atoms. The Morgan fingerprint density at radius 3 is 2.30 bits per heavy atom. The van der Waals surface area contributed by atoms with Crippen LogP contribution in [0.3, 0.4) is 0 Å². The summed E-state index contributed by atoms with van der Waals surface area (Å²) in [5.41, 5.74) is -1.17. The normalized spacial score (nSPS) is 29.9. The summed E-state index contributed by atoms with van der Waals surface area (Å²) in [6.07, 6.45) is -0.796. The largest absolute Gasteiger partial charge is 0.356 e. The highest BCUT2D eigenvalue weighted by molar-refractivity contribution is 6.29. The predicted octanol–water partition coefficient (Wildman–Crippen LogP) is 1.58. The highest BCUT2D eigenvalue weighted by Crippen LogP contribution is 2.65. The molecule has 2 aliphatic heterocycles. The van der Waals surface area contributed by atoms with Gasteiger partial charge in [-0.2, -0.15) is 0 Å². The minimum atomic E-state index is -2.90. The number of halogens is 4. The van der Waals surface area contributed by atoms with E-state index >= 15 is 0 Å². The van der Waals surface area contributed by atoms with Crippen molar-refractivity contribution in [3.8, 4) is 0 Å². The van der Waals surface area contributed by atoms with Crippen molar-refractivity contribution in [2.24, 2.45) is 34.5 Å². The molecule has 14 heteroatoms. The molecule has 0 bridgehead atoms. The molecule has 4 rings (SSSR count). The zero-order valence-corrected chi connectivity index (χ0v) is 24.0. The summed E-state index contributed by atoms with van der Waals surface area (Å²) in [6, 6.07) is -2.16. The van der Waals surface area contributed by atoms with Crippen LogP contribution in [0.4, 0.5) is 13.2 Å². The van der Waals surface area contributed by atoms with E-state index < -0.39 is 77.4 Å². The minimum Gasteiger partial charge on any atom is -0.356 e. The van der Waals surface area contributed by atoms with Gasteiger partial charge in [-0.1, -0.05) is 46.2 Å². The summed E-state index contributed by atoms with van der Waals surface area (Å²) >= 11 is 5.39. The van der Waals surface area contributed by atoms with Gasteiger partial charge in [0, 0.05) is 31.8 Å². The number of nitrogens with one attached hydrogen (secondary N) is 3. The van der Waals surface area contributed by atoms with Gasteiger partial charge in [-0.25, -0.2) is 18.2 Å². The maximum Gasteiger partial charge on any atom is 0.291 e. The van der Waals surface area contributed by atoms with Crippen molar-refractivity contribution in [1.29, 1.82) is 0 Å². The highest BCUT2D eigenvalue weighted by Gasteiger charge is 2.70. The number of fused-ring (bicyclic) bond motifs is 1. The molecule has 0 aromatic carbocycles. The predicted molar refractivity (Wildman–Crippen MR) is 137 cm³/mol. The lowest BCUT2D eigenvalue weighted by Crippen LogP contribution is -2.62. The van der Waals surface area contributed by atoms with Crippen LogP contribution in [0.15, 0.2) is 0 Å². The Bertz CT molecular complexity index is 1090. The molecule has 3 N–H and O–H groups in total. The quantitative estimate of drug-likeness (QED) is 0.306. The third kappa shape index (κ3) is 5.75. The fourth-order valence-electron chi connectivity index (χ4n) is 6.28. The molecule has 0 radical (unpaired) electrons. The van der Waals surface area contributed by atoms with Crippen LogP contribution in [0.2, 0.25) is 0 Å². The van der Waals surface area contributed by atoms with E-state index in [-0.39, 0.29) is 36.2 Å². The fraction of sp³-hybridized carbons (Fsp3) is 0.808. The van der Waals surface area contributed by atoms with Crippen LogP contribution >= 0.6 is 11.6 Å². The summed E-state index contributed by atoms with van der Waals surface area (Å²) in [5, 5.41) is 5.95. The van der Waals surface area contributed by atoms with E-state index in [0.717, 1.165) is 0 Å². The van der Waals surface area contributed by atoms with Crippen molar-refractivity contribution in [2.75, 3.05) is 19.6 Å². The Hall–Kier alpha value is -2.57. The van der Waals surface area contributed by atoms with Crippen molar-refractivity contribution in [3.05, 3.63) is 0 Å². The molecule has 0 unspecified atom stereocenters. The Morgan fingerprint density at radius 2 is 1.80 bits per heavy atom. The van der Waals surface area contributed by atoms with Crippen LogP contribution < -0.4 is 16.1 Å². The molecule has 2 heterocycles. The van der Waals surface area contributed by atoms with E-state index in [1.165, 1.54) is 4.90 Å². The topological polar surface area (TPSA) is 128 Å². The van der Waals surface area contributed by atoms with Crippen molar-refractivity contribution in [2.45, 2.75) is 77.5 Å². The van der Waals surface area contributed by atoms with Crippen LogP contribution in [-0.4, -0.2) is 82.7 Å². The fourth-order valence-corrected chi connectivity index (χ4v) is 6.40. The second kappa shape index (κ2) is 10.4. The first kappa shape index (κ1) is 30.4. The van der Waals surface area contributed by atoms with Crippen LogP contribution in [-0.2, 0) is 24.0 Å². The second-order valence-electron chi connectivity index (χ2n) is 13.2. The first-order valence-electron chi connectivity index (χ1n) is 13.5. The van der Waals surface area contributed by atoms with Crippen LogP contribution in [0.25, 0.3) is 0 Å². The molecular weight excluding hydrogens is 555 g/mol. The Kier molecular flexibility index (Phi) is 7.87. The average molecular weight is 592 g/mol. The number of carbonyl (C=O) groups is 5. The van der Waals surface area contributed by atoms with Crippen molar-refractivity contribution < 1.29 is 37.1 Å². The van der Waals surface area contributed by atoms with Crippen LogP contribution in [0, 0.1) is 34.5 Å². The molecule has 10 nitrogen and oxygen atoms in total. The van der Waals surface area contributed by atoms with Crippen LogP contribution in [0.1, 0.15) is 53.9 Å². The van der Waals surface area contributed by atoms with Gasteiger partial charge in [0.25, 0.3) is 17.4 Å². The van der Waals surface area contributed by atoms with E-state index in [1.54, 1.807) is 20.8 Å². The maximum absolute atomic E-state index is 13.9. The van der Waals surface area contributed by atoms with Gasteiger partial charge >= 0.3 is 0 Å². The lowest BCUT2D eigenvalue weighted by atomic mass is 9.79. The number of nitrogens with zero attached hydrogens (tertiary/aromatic N) is 2. The molecule has 5 amide bonds. The molecule has 4 aliphatic rings. The summed E-state index contributed by atoms with van der Waals surface area (Å²) in [7, 11) is 0. The standard InChI is InChI=1S/C26H37ClF3N5O5/c1-24(2,3)17(32-20(37)13-8-26(29,30)9-13)22(39)34-11-14-15(25(14,4)5)16(34)21(38)33-35(23(40)18(27)28)10-12-6-7-31-19(12)36/h12-18H,6-11H2,1-5H3,(H,31,36)(H,32,37)(H,33,38)/t12-,14-,15-,16-,17+,18+/m0/s1. The number of piperidine rings is 1. The van der Waals surface area contributed by atoms with Gasteiger partial charge in [0.1, 0.15) is 12.1 Å². The van der Waals surface area contributed by atoms with Gasteiger partial charge in [0.05, 0.1) is 12.5 Å². The van der Waals surface area contributed by atoms with Gasteiger partial charge in [0.15, 0.2) is 0 Å². The summed E-state index contributed by atoms with van der Waals surface area (Å²) in [6.45, 7) is 9.34. The van der Waals surface area contributed by atoms with Crippen LogP contribution in [0.5, 0.6) is 0 Å². The van der Waals surface area contributed by atoms with Gasteiger partial charge in [-0.15, -0.1) is 0 Å². The zero-order chi connectivity index (χ0) is 29.9. The van der Waals surface area contributed by atoms with Gasteiger partial charge in [0.2, 0.25) is 23.6 Å². The third-order valence-electron chi connectivity index (χ3n) is 8.88. The summed E-state index contributed by atoms with van der Waals surface area (Å²) in [4.78, 5) is 66.2. The zero-order valence-electron chi connectivity index (χ0n) is 23.2. The van der Waals surface area contributed by atoms with Gasteiger partial charge in [-0.05, 0) is 29.1 Å². The maximum atomic E-state index is 13.9. The number of hydrogen-bond acceptors (Lipinski definition) is 5. The highest BCUT2D eigenvalue weighted by atomic mass is 35.5. The van der Waals surface area contributed by atoms with E-state index in [2.05, 4.69) is 16.1 Å². The smallest absolute Gasteiger partial charge is 0.291 e. The first-order valence-corrected chi connectivity index (χ1v) is 13.9. The number of carbonyl (C=O) groups excluding carboxylic acids is 5. The number of alkyl halides is 4.